The largest absolute Gasteiger partial charge is 0.399 e. The lowest BCUT2D eigenvalue weighted by atomic mass is 10.1. The molecule has 1 aromatic rings. The second kappa shape index (κ2) is 8.82. The molecular weight excluding hydrogens is 276 g/mol. The van der Waals surface area contributed by atoms with Crippen molar-refractivity contribution in [3.63, 3.8) is 0 Å². The number of nitrogen functional groups attached to an aromatic ring is 1. The molecule has 0 spiro atoms. The van der Waals surface area contributed by atoms with E-state index >= 15 is 0 Å². The second-order valence-electron chi connectivity index (χ2n) is 5.05. The van der Waals surface area contributed by atoms with Crippen molar-refractivity contribution in [2.45, 2.75) is 38.2 Å². The molecule has 0 unspecified atom stereocenters. The van der Waals surface area contributed by atoms with Gasteiger partial charge in [0, 0.05) is 12.2 Å². The predicted molar refractivity (Wildman–Crippen MR) is 83.0 cm³/mol. The normalized spacial score (nSPS) is 14.8. The highest BCUT2D eigenvalue weighted by Crippen LogP contribution is 2.20. The summed E-state index contributed by atoms with van der Waals surface area (Å²) in [5.41, 5.74) is 7.29. The fraction of sp³-hybridized carbons (Fsp3) is 0.533. The van der Waals surface area contributed by atoms with Gasteiger partial charge in [0.15, 0.2) is 0 Å². The molecule has 3 N–H and O–H groups in total. The maximum atomic E-state index is 11.7. The lowest BCUT2D eigenvalue weighted by molar-refractivity contribution is -0.120. The molecular formula is C15H23ClN2O2. The number of anilines is 1. The first-order valence-electron chi connectivity index (χ1n) is 6.97. The quantitative estimate of drug-likeness (QED) is 0.626. The van der Waals surface area contributed by atoms with E-state index in [0.29, 0.717) is 31.4 Å². The maximum Gasteiger partial charge on any atom is 0.224 e. The van der Waals surface area contributed by atoms with Gasteiger partial charge in [-0.3, -0.25) is 4.79 Å². The number of hydrogen-bond donors (Lipinski definition) is 2. The minimum absolute atomic E-state index is 0. The third kappa shape index (κ3) is 5.80. The van der Waals surface area contributed by atoms with Gasteiger partial charge in [-0.05, 0) is 30.5 Å². The summed E-state index contributed by atoms with van der Waals surface area (Å²) in [5, 5.41) is 2.87. The molecule has 1 aliphatic carbocycles. The lowest BCUT2D eigenvalue weighted by Crippen LogP contribution is -2.29. The number of halogens is 1. The van der Waals surface area contributed by atoms with Gasteiger partial charge < -0.3 is 15.8 Å². The van der Waals surface area contributed by atoms with Crippen LogP contribution in [-0.2, 0) is 16.0 Å². The molecule has 4 nitrogen and oxygen atoms in total. The van der Waals surface area contributed by atoms with Gasteiger partial charge in [0.2, 0.25) is 5.91 Å². The maximum absolute atomic E-state index is 11.7. The molecule has 0 heterocycles. The minimum atomic E-state index is 0. The van der Waals surface area contributed by atoms with E-state index in [4.69, 9.17) is 10.5 Å². The molecule has 20 heavy (non-hydrogen) atoms. The Labute approximate surface area is 126 Å². The van der Waals surface area contributed by atoms with Crippen molar-refractivity contribution in [2.24, 2.45) is 0 Å². The monoisotopic (exact) mass is 298 g/mol. The van der Waals surface area contributed by atoms with Crippen LogP contribution in [0.3, 0.4) is 0 Å². The topological polar surface area (TPSA) is 64.4 Å². The number of carbonyl (C=O) groups is 1. The van der Waals surface area contributed by atoms with E-state index in [1.807, 2.05) is 24.3 Å². The highest BCUT2D eigenvalue weighted by Gasteiger charge is 2.14. The van der Waals surface area contributed by atoms with Crippen LogP contribution in [0.15, 0.2) is 24.3 Å². The zero-order valence-electron chi connectivity index (χ0n) is 11.6. The molecule has 0 aliphatic heterocycles. The summed E-state index contributed by atoms with van der Waals surface area (Å²) in [7, 11) is 0. The van der Waals surface area contributed by atoms with Crippen LogP contribution < -0.4 is 11.1 Å². The van der Waals surface area contributed by atoms with Crippen molar-refractivity contribution in [3.8, 4) is 0 Å². The van der Waals surface area contributed by atoms with Crippen LogP contribution in [0.2, 0.25) is 0 Å². The number of carbonyl (C=O) groups excluding carboxylic acids is 1. The van der Waals surface area contributed by atoms with E-state index in [9.17, 15) is 4.79 Å². The second-order valence-corrected chi connectivity index (χ2v) is 5.05. The van der Waals surface area contributed by atoms with Gasteiger partial charge in [0.1, 0.15) is 0 Å². The Kier molecular flexibility index (Phi) is 7.41. The van der Waals surface area contributed by atoms with Gasteiger partial charge in [-0.2, -0.15) is 0 Å². The first-order chi connectivity index (χ1) is 9.24. The van der Waals surface area contributed by atoms with Crippen LogP contribution in [0, 0.1) is 0 Å². The highest BCUT2D eigenvalue weighted by atomic mass is 35.5. The zero-order chi connectivity index (χ0) is 13.5. The summed E-state index contributed by atoms with van der Waals surface area (Å²) in [6.07, 6.45) is 5.68. The SMILES string of the molecule is Cl.Nc1ccc(CC(=O)NCCOC2CCCC2)cc1. The molecule has 0 bridgehead atoms. The Hall–Kier alpha value is -1.26. The zero-order valence-corrected chi connectivity index (χ0v) is 12.5. The summed E-state index contributed by atoms with van der Waals surface area (Å²) in [6.45, 7) is 1.20. The van der Waals surface area contributed by atoms with Crippen LogP contribution >= 0.6 is 12.4 Å². The Morgan fingerprint density at radius 3 is 2.55 bits per heavy atom. The Bertz CT molecular complexity index is 403. The molecule has 0 saturated heterocycles. The van der Waals surface area contributed by atoms with Crippen molar-refractivity contribution in [1.82, 2.24) is 5.32 Å². The van der Waals surface area contributed by atoms with Gasteiger partial charge in [-0.25, -0.2) is 0 Å². The molecule has 0 aromatic heterocycles. The molecule has 0 radical (unpaired) electrons. The van der Waals surface area contributed by atoms with Crippen molar-refractivity contribution in [2.75, 3.05) is 18.9 Å². The van der Waals surface area contributed by atoms with Gasteiger partial charge in [-0.1, -0.05) is 25.0 Å². The molecule has 1 aromatic carbocycles. The smallest absolute Gasteiger partial charge is 0.224 e. The summed E-state index contributed by atoms with van der Waals surface area (Å²) in [6, 6.07) is 7.38. The average Bonchev–Trinajstić information content (AvgIpc) is 2.91. The number of nitrogens with two attached hydrogens (primary N) is 1. The Balaban J connectivity index is 0.00000200. The minimum Gasteiger partial charge on any atom is -0.399 e. The van der Waals surface area contributed by atoms with E-state index in [1.54, 1.807) is 0 Å². The van der Waals surface area contributed by atoms with Crippen LogP contribution in [0.1, 0.15) is 31.2 Å². The number of hydrogen-bond acceptors (Lipinski definition) is 3. The number of amides is 1. The van der Waals surface area contributed by atoms with Crippen LogP contribution in [0.4, 0.5) is 5.69 Å². The number of ether oxygens (including phenoxy) is 1. The number of benzene rings is 1. The van der Waals surface area contributed by atoms with Crippen molar-refractivity contribution >= 4 is 24.0 Å². The molecule has 1 aliphatic rings. The van der Waals surface area contributed by atoms with E-state index in [2.05, 4.69) is 5.32 Å². The van der Waals surface area contributed by atoms with Gasteiger partial charge in [0.05, 0.1) is 19.1 Å². The van der Waals surface area contributed by atoms with Gasteiger partial charge in [-0.15, -0.1) is 12.4 Å². The lowest BCUT2D eigenvalue weighted by Gasteiger charge is -2.11. The molecule has 1 fully saturated rings. The highest BCUT2D eigenvalue weighted by molar-refractivity contribution is 5.85. The summed E-state index contributed by atoms with van der Waals surface area (Å²) >= 11 is 0. The summed E-state index contributed by atoms with van der Waals surface area (Å²) in [5.74, 6) is 0.0276. The fourth-order valence-electron chi connectivity index (χ4n) is 2.35. The molecule has 2 rings (SSSR count). The van der Waals surface area contributed by atoms with Crippen LogP contribution in [0.5, 0.6) is 0 Å². The van der Waals surface area contributed by atoms with Crippen molar-refractivity contribution in [3.05, 3.63) is 29.8 Å². The summed E-state index contributed by atoms with van der Waals surface area (Å²) in [4.78, 5) is 11.7. The standard InChI is InChI=1S/C15H22N2O2.ClH/c16-13-7-5-12(6-8-13)11-15(18)17-9-10-19-14-3-1-2-4-14;/h5-8,14H,1-4,9-11,16H2,(H,17,18);1H. The Morgan fingerprint density at radius 1 is 1.25 bits per heavy atom. The van der Waals surface area contributed by atoms with Gasteiger partial charge in [0.25, 0.3) is 0 Å². The van der Waals surface area contributed by atoms with E-state index < -0.39 is 0 Å². The summed E-state index contributed by atoms with van der Waals surface area (Å²) < 4.78 is 5.69. The van der Waals surface area contributed by atoms with Crippen molar-refractivity contribution in [1.29, 1.82) is 0 Å². The fourth-order valence-corrected chi connectivity index (χ4v) is 2.35. The molecule has 0 atom stereocenters. The third-order valence-corrected chi connectivity index (χ3v) is 3.42. The molecule has 5 heteroatoms. The van der Waals surface area contributed by atoms with E-state index in [1.165, 1.54) is 25.7 Å². The molecule has 112 valence electrons. The molecule has 1 saturated carbocycles. The van der Waals surface area contributed by atoms with E-state index in [0.717, 1.165) is 5.56 Å². The number of nitrogens with one attached hydrogen (secondary N) is 1. The van der Waals surface area contributed by atoms with E-state index in [-0.39, 0.29) is 18.3 Å². The number of rotatable bonds is 6. The van der Waals surface area contributed by atoms with Crippen LogP contribution in [-0.4, -0.2) is 25.2 Å². The average molecular weight is 299 g/mol. The van der Waals surface area contributed by atoms with Crippen LogP contribution in [0.25, 0.3) is 0 Å². The third-order valence-electron chi connectivity index (χ3n) is 3.42. The Morgan fingerprint density at radius 2 is 1.90 bits per heavy atom. The first-order valence-corrected chi connectivity index (χ1v) is 6.97. The molecule has 1 amide bonds. The van der Waals surface area contributed by atoms with Gasteiger partial charge >= 0.3 is 0 Å². The predicted octanol–water partition coefficient (Wildman–Crippen LogP) is 2.31. The first kappa shape index (κ1) is 16.8. The van der Waals surface area contributed by atoms with Crippen molar-refractivity contribution < 1.29 is 9.53 Å².